The van der Waals surface area contributed by atoms with Gasteiger partial charge in [-0.3, -0.25) is 0 Å². The summed E-state index contributed by atoms with van der Waals surface area (Å²) in [6, 6.07) is 0. The van der Waals surface area contributed by atoms with Gasteiger partial charge in [0.1, 0.15) is 6.72 Å². The fourth-order valence-corrected chi connectivity index (χ4v) is 1.42. The zero-order valence-corrected chi connectivity index (χ0v) is 7.37. The minimum absolute atomic E-state index is 0.145. The highest BCUT2D eigenvalue weighted by molar-refractivity contribution is 8.06. The van der Waals surface area contributed by atoms with Crippen molar-refractivity contribution < 1.29 is 13.9 Å². The molecule has 0 saturated heterocycles. The van der Waals surface area contributed by atoms with Crippen LogP contribution in [0.3, 0.4) is 0 Å². The Kier molecular flexibility index (Phi) is 3.85. The highest BCUT2D eigenvalue weighted by atomic mass is 32.5. The second-order valence-electron chi connectivity index (χ2n) is 1.78. The van der Waals surface area contributed by atoms with Gasteiger partial charge in [0.15, 0.2) is 0 Å². The Morgan fingerprint density at radius 1 is 1.56 bits per heavy atom. The maximum atomic E-state index is 10.8. The van der Waals surface area contributed by atoms with Gasteiger partial charge in [-0.2, -0.15) is 0 Å². The van der Waals surface area contributed by atoms with Gasteiger partial charge in [-0.25, -0.2) is 0 Å². The second-order valence-corrected chi connectivity index (χ2v) is 4.60. The SMILES string of the molecule is COP([O-])(=S)OC(C)C. The Hall–Kier alpha value is 0.530. The van der Waals surface area contributed by atoms with Crippen LogP contribution in [0, 0.1) is 0 Å². The van der Waals surface area contributed by atoms with Gasteiger partial charge < -0.3 is 13.9 Å². The molecule has 0 fully saturated rings. The molecule has 0 N–H and O–H groups in total. The van der Waals surface area contributed by atoms with E-state index in [0.29, 0.717) is 0 Å². The summed E-state index contributed by atoms with van der Waals surface area (Å²) < 4.78 is 9.13. The average molecular weight is 169 g/mol. The normalized spacial score (nSPS) is 17.9. The van der Waals surface area contributed by atoms with Crippen molar-refractivity contribution in [3.05, 3.63) is 0 Å². The topological polar surface area (TPSA) is 41.5 Å². The van der Waals surface area contributed by atoms with E-state index in [9.17, 15) is 4.89 Å². The highest BCUT2D eigenvalue weighted by Crippen LogP contribution is 2.38. The highest BCUT2D eigenvalue weighted by Gasteiger charge is 2.02. The van der Waals surface area contributed by atoms with Crippen LogP contribution in [0.15, 0.2) is 0 Å². The van der Waals surface area contributed by atoms with Crippen molar-refractivity contribution in [2.24, 2.45) is 0 Å². The molecule has 0 spiro atoms. The molecule has 0 aromatic carbocycles. The third-order valence-electron chi connectivity index (χ3n) is 0.564. The van der Waals surface area contributed by atoms with Crippen molar-refractivity contribution in [3.8, 4) is 0 Å². The molecule has 0 aliphatic heterocycles. The summed E-state index contributed by atoms with van der Waals surface area (Å²) >= 11 is 4.43. The van der Waals surface area contributed by atoms with Crippen molar-refractivity contribution in [2.45, 2.75) is 20.0 Å². The predicted molar refractivity (Wildman–Crippen MR) is 37.5 cm³/mol. The van der Waals surface area contributed by atoms with Gasteiger partial charge in [0, 0.05) is 7.11 Å². The molecular weight excluding hydrogens is 159 g/mol. The van der Waals surface area contributed by atoms with Crippen LogP contribution in [-0.2, 0) is 20.9 Å². The first-order valence-corrected chi connectivity index (χ1v) is 5.08. The van der Waals surface area contributed by atoms with Gasteiger partial charge in [0.25, 0.3) is 0 Å². The maximum Gasteiger partial charge on any atom is 0.115 e. The molecule has 0 aromatic heterocycles. The molecule has 3 nitrogen and oxygen atoms in total. The lowest BCUT2D eigenvalue weighted by molar-refractivity contribution is -0.207. The van der Waals surface area contributed by atoms with Crippen LogP contribution in [0.5, 0.6) is 0 Å². The Labute approximate surface area is 60.2 Å². The molecule has 0 radical (unpaired) electrons. The third kappa shape index (κ3) is 5.00. The summed E-state index contributed by atoms with van der Waals surface area (Å²) in [6.07, 6.45) is -0.145. The van der Waals surface area contributed by atoms with Gasteiger partial charge in [-0.1, -0.05) is 11.8 Å². The molecule has 0 aliphatic carbocycles. The molecule has 0 aromatic rings. The molecule has 0 bridgehead atoms. The molecule has 1 atom stereocenters. The minimum Gasteiger partial charge on any atom is -0.780 e. The van der Waals surface area contributed by atoms with Crippen molar-refractivity contribution >= 4 is 18.5 Å². The summed E-state index contributed by atoms with van der Waals surface area (Å²) in [6.45, 7) is 0.350. The molecule has 0 aliphatic rings. The van der Waals surface area contributed by atoms with E-state index < -0.39 is 6.72 Å². The summed E-state index contributed by atoms with van der Waals surface area (Å²) in [7, 11) is 1.27. The number of hydrogen-bond donors (Lipinski definition) is 0. The van der Waals surface area contributed by atoms with Crippen LogP contribution in [0.4, 0.5) is 0 Å². The molecule has 9 heavy (non-hydrogen) atoms. The van der Waals surface area contributed by atoms with Crippen molar-refractivity contribution in [2.75, 3.05) is 7.11 Å². The third-order valence-corrected chi connectivity index (χ3v) is 2.40. The molecule has 0 saturated carbocycles. The fraction of sp³-hybridized carbons (Fsp3) is 1.00. The summed E-state index contributed by atoms with van der Waals surface area (Å²) in [5.41, 5.74) is 0. The van der Waals surface area contributed by atoms with Crippen molar-refractivity contribution in [1.29, 1.82) is 0 Å². The lowest BCUT2D eigenvalue weighted by Gasteiger charge is -2.27. The van der Waals surface area contributed by atoms with E-state index in [1.165, 1.54) is 7.11 Å². The zero-order valence-electron chi connectivity index (χ0n) is 5.66. The Morgan fingerprint density at radius 3 is 2.11 bits per heavy atom. The standard InChI is InChI=1S/C4H11O3PS/c1-4(2)7-8(5,9)6-3/h4H,1-3H3,(H,5,9)/p-1. The molecule has 0 rings (SSSR count). The van der Waals surface area contributed by atoms with Crippen LogP contribution in [-0.4, -0.2) is 13.2 Å². The Bertz CT molecular complexity index is 125. The van der Waals surface area contributed by atoms with E-state index in [1.807, 2.05) is 0 Å². The van der Waals surface area contributed by atoms with Crippen molar-refractivity contribution in [1.82, 2.24) is 0 Å². The van der Waals surface area contributed by atoms with Crippen LogP contribution >= 0.6 is 6.72 Å². The molecular formula is C4H10O3PS-. The second kappa shape index (κ2) is 3.64. The first-order valence-electron chi connectivity index (χ1n) is 2.53. The quantitative estimate of drug-likeness (QED) is 0.581. The van der Waals surface area contributed by atoms with E-state index in [4.69, 9.17) is 4.52 Å². The van der Waals surface area contributed by atoms with Crippen LogP contribution < -0.4 is 4.89 Å². The van der Waals surface area contributed by atoms with Gasteiger partial charge in [0.2, 0.25) is 0 Å². The zero-order chi connectivity index (χ0) is 7.49. The van der Waals surface area contributed by atoms with E-state index in [1.54, 1.807) is 13.8 Å². The molecule has 0 heterocycles. The molecule has 56 valence electrons. The van der Waals surface area contributed by atoms with Crippen LogP contribution in [0.2, 0.25) is 0 Å². The van der Waals surface area contributed by atoms with Gasteiger partial charge in [-0.15, -0.1) is 0 Å². The maximum absolute atomic E-state index is 10.8. The molecule has 1 unspecified atom stereocenters. The molecule has 0 amide bonds. The molecule has 5 heteroatoms. The first kappa shape index (κ1) is 9.53. The van der Waals surface area contributed by atoms with Crippen LogP contribution in [0.1, 0.15) is 13.8 Å². The summed E-state index contributed by atoms with van der Waals surface area (Å²) in [5, 5.41) is 0. The lowest BCUT2D eigenvalue weighted by atomic mass is 10.5. The van der Waals surface area contributed by atoms with E-state index in [2.05, 4.69) is 16.3 Å². The Morgan fingerprint density at radius 2 is 2.00 bits per heavy atom. The average Bonchev–Trinajstić information content (AvgIpc) is 1.63. The van der Waals surface area contributed by atoms with Gasteiger partial charge in [0.05, 0.1) is 6.10 Å². The number of hydrogen-bond acceptors (Lipinski definition) is 4. The van der Waals surface area contributed by atoms with Gasteiger partial charge in [-0.05, 0) is 13.8 Å². The lowest BCUT2D eigenvalue weighted by Crippen LogP contribution is -2.10. The minimum atomic E-state index is -3.15. The largest absolute Gasteiger partial charge is 0.780 e. The predicted octanol–water partition coefficient (Wildman–Crippen LogP) is 0.643. The van der Waals surface area contributed by atoms with E-state index in [-0.39, 0.29) is 6.10 Å². The van der Waals surface area contributed by atoms with E-state index >= 15 is 0 Å². The summed E-state index contributed by atoms with van der Waals surface area (Å²) in [4.78, 5) is 10.8. The van der Waals surface area contributed by atoms with Gasteiger partial charge >= 0.3 is 0 Å². The first-order chi connectivity index (χ1) is 3.98. The van der Waals surface area contributed by atoms with Crippen LogP contribution in [0.25, 0.3) is 0 Å². The monoisotopic (exact) mass is 169 g/mol. The van der Waals surface area contributed by atoms with E-state index in [0.717, 1.165) is 0 Å². The smallest absolute Gasteiger partial charge is 0.115 e. The Balaban J connectivity index is 3.73. The number of rotatable bonds is 3. The summed E-state index contributed by atoms with van der Waals surface area (Å²) in [5.74, 6) is 0. The fourth-order valence-electron chi connectivity index (χ4n) is 0.301. The van der Waals surface area contributed by atoms with Crippen molar-refractivity contribution in [3.63, 3.8) is 0 Å².